The third-order valence-corrected chi connectivity index (χ3v) is 2.33. The van der Waals surface area contributed by atoms with Gasteiger partial charge < -0.3 is 11.1 Å². The van der Waals surface area contributed by atoms with Crippen LogP contribution in [0.3, 0.4) is 0 Å². The van der Waals surface area contributed by atoms with E-state index in [9.17, 15) is 8.78 Å². The van der Waals surface area contributed by atoms with Crippen molar-refractivity contribution in [2.45, 2.75) is 44.2 Å². The first kappa shape index (κ1) is 9.86. The Morgan fingerprint density at radius 1 is 1.33 bits per heavy atom. The molecule has 0 amide bonds. The first-order chi connectivity index (χ1) is 5.68. The molecule has 0 atom stereocenters. The standard InChI is InChI=1S/C8H16F2N2.H2/c9-8(10)5-12-7-3-1-6(11)2-4-7;/h6-8,12H,1-5,11H2;1H. The van der Waals surface area contributed by atoms with Crippen molar-refractivity contribution in [2.24, 2.45) is 5.73 Å². The lowest BCUT2D eigenvalue weighted by Crippen LogP contribution is -2.39. The Bertz CT molecular complexity index is 127. The minimum atomic E-state index is -2.24. The fraction of sp³-hybridized carbons (Fsp3) is 1.00. The molecule has 0 saturated heterocycles. The zero-order valence-electron chi connectivity index (χ0n) is 7.10. The van der Waals surface area contributed by atoms with Crippen LogP contribution < -0.4 is 11.1 Å². The summed E-state index contributed by atoms with van der Waals surface area (Å²) in [4.78, 5) is 0. The van der Waals surface area contributed by atoms with Gasteiger partial charge in [0.25, 0.3) is 6.43 Å². The maximum absolute atomic E-state index is 11.8. The van der Waals surface area contributed by atoms with E-state index in [1.54, 1.807) is 0 Å². The normalized spacial score (nSPS) is 31.0. The number of rotatable bonds is 3. The van der Waals surface area contributed by atoms with Gasteiger partial charge in [0, 0.05) is 13.5 Å². The Labute approximate surface area is 73.0 Å². The van der Waals surface area contributed by atoms with Gasteiger partial charge >= 0.3 is 0 Å². The summed E-state index contributed by atoms with van der Waals surface area (Å²) >= 11 is 0. The van der Waals surface area contributed by atoms with Crippen LogP contribution in [0.15, 0.2) is 0 Å². The molecule has 0 aromatic carbocycles. The quantitative estimate of drug-likeness (QED) is 0.688. The molecule has 1 aliphatic rings. The Kier molecular flexibility index (Phi) is 3.88. The smallest absolute Gasteiger partial charge is 0.250 e. The molecule has 74 valence electrons. The highest BCUT2D eigenvalue weighted by Gasteiger charge is 2.18. The Morgan fingerprint density at radius 3 is 2.42 bits per heavy atom. The molecule has 0 radical (unpaired) electrons. The van der Waals surface area contributed by atoms with E-state index >= 15 is 0 Å². The van der Waals surface area contributed by atoms with Crippen LogP contribution in [0.25, 0.3) is 0 Å². The molecule has 1 rings (SSSR count). The van der Waals surface area contributed by atoms with Crippen LogP contribution in [0.4, 0.5) is 8.78 Å². The van der Waals surface area contributed by atoms with Crippen molar-refractivity contribution in [2.75, 3.05) is 6.54 Å². The summed E-state index contributed by atoms with van der Waals surface area (Å²) < 4.78 is 23.6. The monoisotopic (exact) mass is 180 g/mol. The second-order valence-electron chi connectivity index (χ2n) is 3.41. The lowest BCUT2D eigenvalue weighted by Gasteiger charge is -2.26. The van der Waals surface area contributed by atoms with Gasteiger partial charge in [-0.2, -0.15) is 0 Å². The summed E-state index contributed by atoms with van der Waals surface area (Å²) in [5, 5.41) is 2.84. The van der Waals surface area contributed by atoms with Crippen LogP contribution in [0.1, 0.15) is 27.1 Å². The predicted octanol–water partition coefficient (Wildman–Crippen LogP) is 1.36. The van der Waals surface area contributed by atoms with Gasteiger partial charge in [0.1, 0.15) is 0 Å². The minimum absolute atomic E-state index is 0. The fourth-order valence-corrected chi connectivity index (χ4v) is 1.58. The van der Waals surface area contributed by atoms with E-state index in [1.165, 1.54) is 0 Å². The zero-order valence-corrected chi connectivity index (χ0v) is 7.10. The molecule has 3 N–H and O–H groups in total. The molecule has 0 heterocycles. The summed E-state index contributed by atoms with van der Waals surface area (Å²) in [6.07, 6.45) is 1.56. The van der Waals surface area contributed by atoms with E-state index in [4.69, 9.17) is 5.73 Å². The Balaban J connectivity index is 0.00000144. The maximum Gasteiger partial charge on any atom is 0.250 e. The first-order valence-corrected chi connectivity index (χ1v) is 4.45. The molecule has 1 saturated carbocycles. The summed E-state index contributed by atoms with van der Waals surface area (Å²) in [5.74, 6) is 0. The second-order valence-corrected chi connectivity index (χ2v) is 3.41. The van der Waals surface area contributed by atoms with Crippen molar-refractivity contribution in [1.82, 2.24) is 5.32 Å². The third kappa shape index (κ3) is 3.45. The predicted molar refractivity (Wildman–Crippen MR) is 46.4 cm³/mol. The Morgan fingerprint density at radius 2 is 1.92 bits per heavy atom. The molecule has 0 aromatic heterocycles. The second kappa shape index (κ2) is 4.72. The van der Waals surface area contributed by atoms with E-state index in [-0.39, 0.29) is 20.1 Å². The van der Waals surface area contributed by atoms with Crippen molar-refractivity contribution in [3.63, 3.8) is 0 Å². The zero-order chi connectivity index (χ0) is 8.97. The first-order valence-electron chi connectivity index (χ1n) is 4.45. The fourth-order valence-electron chi connectivity index (χ4n) is 1.58. The molecule has 12 heavy (non-hydrogen) atoms. The molecule has 0 aliphatic heterocycles. The number of hydrogen-bond donors (Lipinski definition) is 2. The molecule has 1 aliphatic carbocycles. The highest BCUT2D eigenvalue weighted by molar-refractivity contribution is 4.78. The minimum Gasteiger partial charge on any atom is -0.328 e. The summed E-state index contributed by atoms with van der Waals surface area (Å²) in [6, 6.07) is 0.549. The van der Waals surface area contributed by atoms with Gasteiger partial charge in [-0.3, -0.25) is 0 Å². The average molecular weight is 180 g/mol. The maximum atomic E-state index is 11.8. The largest absolute Gasteiger partial charge is 0.328 e. The van der Waals surface area contributed by atoms with Gasteiger partial charge in [-0.15, -0.1) is 0 Å². The van der Waals surface area contributed by atoms with Crippen LogP contribution >= 0.6 is 0 Å². The van der Waals surface area contributed by atoms with Crippen LogP contribution in [0.5, 0.6) is 0 Å². The van der Waals surface area contributed by atoms with Gasteiger partial charge in [0.2, 0.25) is 0 Å². The molecule has 0 aromatic rings. The molecule has 0 unspecified atom stereocenters. The molecule has 2 nitrogen and oxygen atoms in total. The topological polar surface area (TPSA) is 38.0 Å². The SMILES string of the molecule is NC1CCC(NCC(F)F)CC1.[HH]. The van der Waals surface area contributed by atoms with Gasteiger partial charge in [-0.25, -0.2) is 8.78 Å². The third-order valence-electron chi connectivity index (χ3n) is 2.33. The molecular weight excluding hydrogens is 162 g/mol. The van der Waals surface area contributed by atoms with Crippen molar-refractivity contribution in [1.29, 1.82) is 0 Å². The summed E-state index contributed by atoms with van der Waals surface area (Å²) in [6.45, 7) is -0.181. The van der Waals surface area contributed by atoms with Gasteiger partial charge in [0.05, 0.1) is 6.54 Å². The van der Waals surface area contributed by atoms with Crippen molar-refractivity contribution in [3.8, 4) is 0 Å². The van der Waals surface area contributed by atoms with Crippen LogP contribution in [-0.4, -0.2) is 25.1 Å². The number of nitrogens with two attached hydrogens (primary N) is 1. The molecule has 4 heteroatoms. The van der Waals surface area contributed by atoms with E-state index in [0.29, 0.717) is 0 Å². The van der Waals surface area contributed by atoms with E-state index in [1.807, 2.05) is 0 Å². The average Bonchev–Trinajstić information content (AvgIpc) is 2.03. The molecular formula is C8H18F2N2. The molecule has 1 fully saturated rings. The number of nitrogens with one attached hydrogen (secondary N) is 1. The number of hydrogen-bond acceptors (Lipinski definition) is 2. The van der Waals surface area contributed by atoms with Gasteiger partial charge in [0.15, 0.2) is 0 Å². The van der Waals surface area contributed by atoms with E-state index < -0.39 is 6.43 Å². The highest BCUT2D eigenvalue weighted by atomic mass is 19.3. The van der Waals surface area contributed by atoms with Crippen molar-refractivity contribution in [3.05, 3.63) is 0 Å². The summed E-state index contributed by atoms with van der Waals surface area (Å²) in [5.41, 5.74) is 5.68. The van der Waals surface area contributed by atoms with Crippen LogP contribution in [0, 0.1) is 0 Å². The van der Waals surface area contributed by atoms with Gasteiger partial charge in [-0.05, 0) is 25.7 Å². The molecule has 0 bridgehead atoms. The number of alkyl halides is 2. The lowest BCUT2D eigenvalue weighted by atomic mass is 9.92. The number of halogens is 2. The lowest BCUT2D eigenvalue weighted by molar-refractivity contribution is 0.137. The van der Waals surface area contributed by atoms with Crippen molar-refractivity contribution < 1.29 is 10.2 Å². The van der Waals surface area contributed by atoms with Crippen LogP contribution in [-0.2, 0) is 0 Å². The summed E-state index contributed by atoms with van der Waals surface area (Å²) in [7, 11) is 0. The van der Waals surface area contributed by atoms with E-state index in [0.717, 1.165) is 25.7 Å². The highest BCUT2D eigenvalue weighted by Crippen LogP contribution is 2.16. The van der Waals surface area contributed by atoms with Gasteiger partial charge in [-0.1, -0.05) is 0 Å². The van der Waals surface area contributed by atoms with Crippen LogP contribution in [0.2, 0.25) is 0 Å². The Hall–Kier alpha value is -0.220. The molecule has 0 spiro atoms. The van der Waals surface area contributed by atoms with E-state index in [2.05, 4.69) is 5.32 Å². The van der Waals surface area contributed by atoms with Crippen molar-refractivity contribution >= 4 is 0 Å².